The zero-order valence-corrected chi connectivity index (χ0v) is 14.5. The summed E-state index contributed by atoms with van der Waals surface area (Å²) in [5, 5.41) is 0. The van der Waals surface area contributed by atoms with Crippen LogP contribution in [0.3, 0.4) is 0 Å². The Morgan fingerprint density at radius 2 is 1.84 bits per heavy atom. The average Bonchev–Trinajstić information content (AvgIpc) is 3.30. The Morgan fingerprint density at radius 3 is 2.60 bits per heavy atom. The van der Waals surface area contributed by atoms with Gasteiger partial charge in [0.25, 0.3) is 0 Å². The van der Waals surface area contributed by atoms with Crippen LogP contribution in [-0.4, -0.2) is 28.3 Å². The fourth-order valence-corrected chi connectivity index (χ4v) is 4.01. The van der Waals surface area contributed by atoms with E-state index in [1.807, 2.05) is 24.8 Å². The van der Waals surface area contributed by atoms with Crippen LogP contribution in [0, 0.1) is 5.92 Å². The molecule has 1 saturated carbocycles. The number of rotatable bonds is 5. The van der Waals surface area contributed by atoms with Gasteiger partial charge in [-0.25, -0.2) is 4.98 Å². The molecule has 1 fully saturated rings. The van der Waals surface area contributed by atoms with Crippen LogP contribution in [0.15, 0.2) is 61.2 Å². The molecule has 3 aromatic rings. The van der Waals surface area contributed by atoms with Crippen LogP contribution < -0.4 is 0 Å². The van der Waals surface area contributed by atoms with Gasteiger partial charge in [-0.15, -0.1) is 0 Å². The van der Waals surface area contributed by atoms with Crippen molar-refractivity contribution in [3.63, 3.8) is 0 Å². The lowest BCUT2D eigenvalue weighted by Crippen LogP contribution is -2.18. The standard InChI is InChI=1S/C21H23N3O/c1-25-14-18-8-5-9-19(18)24-15-23-20(16-6-3-2-4-7-16)21(24)17-10-12-22-13-11-17/h2-4,6-7,10-13,15,18-19H,5,8-9,14H2,1H3/t18-,19-/m1/s1. The summed E-state index contributed by atoms with van der Waals surface area (Å²) in [4.78, 5) is 8.98. The van der Waals surface area contributed by atoms with E-state index in [0.717, 1.165) is 23.4 Å². The van der Waals surface area contributed by atoms with E-state index in [9.17, 15) is 0 Å². The molecule has 4 heteroatoms. The second-order valence-electron chi connectivity index (χ2n) is 6.66. The third-order valence-electron chi connectivity index (χ3n) is 5.15. The second kappa shape index (κ2) is 7.19. The minimum atomic E-state index is 0.438. The van der Waals surface area contributed by atoms with Crippen molar-refractivity contribution in [1.29, 1.82) is 0 Å². The summed E-state index contributed by atoms with van der Waals surface area (Å²) >= 11 is 0. The number of pyridine rings is 1. The van der Waals surface area contributed by atoms with E-state index >= 15 is 0 Å². The molecule has 2 aromatic heterocycles. The van der Waals surface area contributed by atoms with Crippen molar-refractivity contribution in [3.05, 3.63) is 61.2 Å². The minimum absolute atomic E-state index is 0.438. The molecule has 4 rings (SSSR count). The van der Waals surface area contributed by atoms with E-state index in [0.29, 0.717) is 12.0 Å². The van der Waals surface area contributed by atoms with Crippen molar-refractivity contribution in [1.82, 2.24) is 14.5 Å². The molecule has 0 bridgehead atoms. The number of imidazole rings is 1. The largest absolute Gasteiger partial charge is 0.384 e. The van der Waals surface area contributed by atoms with Gasteiger partial charge in [0.1, 0.15) is 0 Å². The van der Waals surface area contributed by atoms with Crippen molar-refractivity contribution in [2.75, 3.05) is 13.7 Å². The Hall–Kier alpha value is -2.46. The number of hydrogen-bond acceptors (Lipinski definition) is 3. The van der Waals surface area contributed by atoms with E-state index in [2.05, 4.69) is 45.9 Å². The summed E-state index contributed by atoms with van der Waals surface area (Å²) in [5.74, 6) is 0.545. The molecule has 2 atom stereocenters. The van der Waals surface area contributed by atoms with E-state index in [1.165, 1.54) is 25.0 Å². The maximum atomic E-state index is 5.47. The first-order chi connectivity index (χ1) is 12.4. The number of nitrogens with zero attached hydrogens (tertiary/aromatic N) is 3. The first-order valence-corrected chi connectivity index (χ1v) is 8.90. The molecule has 1 aliphatic rings. The van der Waals surface area contributed by atoms with Gasteiger partial charge in [-0.1, -0.05) is 36.8 Å². The van der Waals surface area contributed by atoms with Gasteiger partial charge < -0.3 is 9.30 Å². The van der Waals surface area contributed by atoms with Gasteiger partial charge in [-0.3, -0.25) is 4.98 Å². The van der Waals surface area contributed by atoms with Crippen LogP contribution in [0.5, 0.6) is 0 Å². The molecular weight excluding hydrogens is 310 g/mol. The Morgan fingerprint density at radius 1 is 1.04 bits per heavy atom. The van der Waals surface area contributed by atoms with Crippen molar-refractivity contribution in [2.45, 2.75) is 25.3 Å². The lowest BCUT2D eigenvalue weighted by molar-refractivity contribution is 0.135. The van der Waals surface area contributed by atoms with Crippen LogP contribution >= 0.6 is 0 Å². The lowest BCUT2D eigenvalue weighted by Gasteiger charge is -2.23. The van der Waals surface area contributed by atoms with Gasteiger partial charge in [0, 0.05) is 42.6 Å². The topological polar surface area (TPSA) is 39.9 Å². The summed E-state index contributed by atoms with van der Waals surface area (Å²) in [6.45, 7) is 0.805. The third kappa shape index (κ3) is 3.10. The van der Waals surface area contributed by atoms with E-state index < -0.39 is 0 Å². The highest BCUT2D eigenvalue weighted by Gasteiger charge is 2.31. The second-order valence-corrected chi connectivity index (χ2v) is 6.66. The summed E-state index contributed by atoms with van der Waals surface area (Å²) in [5.41, 5.74) is 4.53. The third-order valence-corrected chi connectivity index (χ3v) is 5.15. The molecule has 128 valence electrons. The van der Waals surface area contributed by atoms with Crippen LogP contribution in [0.1, 0.15) is 25.3 Å². The van der Waals surface area contributed by atoms with Gasteiger partial charge >= 0.3 is 0 Å². The van der Waals surface area contributed by atoms with Crippen molar-refractivity contribution in [3.8, 4) is 22.5 Å². The quantitative estimate of drug-likeness (QED) is 0.685. The van der Waals surface area contributed by atoms with Crippen LogP contribution in [0.2, 0.25) is 0 Å². The number of methoxy groups -OCH3 is 1. The molecule has 0 unspecified atom stereocenters. The van der Waals surface area contributed by atoms with Gasteiger partial charge in [-0.2, -0.15) is 0 Å². The smallest absolute Gasteiger partial charge is 0.0963 e. The molecule has 0 spiro atoms. The Balaban J connectivity index is 1.84. The summed E-state index contributed by atoms with van der Waals surface area (Å²) in [7, 11) is 1.79. The Labute approximate surface area is 148 Å². The predicted octanol–water partition coefficient (Wildman–Crippen LogP) is 4.60. The molecule has 25 heavy (non-hydrogen) atoms. The molecule has 1 aliphatic carbocycles. The van der Waals surface area contributed by atoms with Crippen molar-refractivity contribution < 1.29 is 4.74 Å². The van der Waals surface area contributed by atoms with E-state index in [-0.39, 0.29) is 0 Å². The molecule has 0 radical (unpaired) electrons. The van der Waals surface area contributed by atoms with Gasteiger partial charge in [0.2, 0.25) is 0 Å². The Kier molecular flexibility index (Phi) is 4.61. The first kappa shape index (κ1) is 16.0. The summed E-state index contributed by atoms with van der Waals surface area (Å²) in [6.07, 6.45) is 9.35. The summed E-state index contributed by atoms with van der Waals surface area (Å²) in [6, 6.07) is 15.0. The monoisotopic (exact) mass is 333 g/mol. The van der Waals surface area contributed by atoms with Gasteiger partial charge in [0.15, 0.2) is 0 Å². The van der Waals surface area contributed by atoms with Crippen LogP contribution in [0.25, 0.3) is 22.5 Å². The fraction of sp³-hybridized carbons (Fsp3) is 0.333. The van der Waals surface area contributed by atoms with Gasteiger partial charge in [-0.05, 0) is 25.0 Å². The molecule has 4 nitrogen and oxygen atoms in total. The number of ether oxygens (including phenoxy) is 1. The van der Waals surface area contributed by atoms with E-state index in [4.69, 9.17) is 9.72 Å². The lowest BCUT2D eigenvalue weighted by atomic mass is 10.0. The zero-order valence-electron chi connectivity index (χ0n) is 14.5. The van der Waals surface area contributed by atoms with Crippen molar-refractivity contribution >= 4 is 0 Å². The maximum Gasteiger partial charge on any atom is 0.0963 e. The normalized spacial score (nSPS) is 20.0. The molecule has 0 aliphatic heterocycles. The maximum absolute atomic E-state index is 5.47. The van der Waals surface area contributed by atoms with Crippen molar-refractivity contribution in [2.24, 2.45) is 5.92 Å². The SMILES string of the molecule is COC[C@H]1CCC[C@H]1n1cnc(-c2ccccc2)c1-c1ccncc1. The average molecular weight is 333 g/mol. The fourth-order valence-electron chi connectivity index (χ4n) is 4.01. The first-order valence-electron chi connectivity index (χ1n) is 8.90. The highest BCUT2D eigenvalue weighted by Crippen LogP contribution is 2.41. The van der Waals surface area contributed by atoms with E-state index in [1.54, 1.807) is 7.11 Å². The summed E-state index contributed by atoms with van der Waals surface area (Å²) < 4.78 is 7.84. The minimum Gasteiger partial charge on any atom is -0.384 e. The predicted molar refractivity (Wildman–Crippen MR) is 99.1 cm³/mol. The highest BCUT2D eigenvalue weighted by atomic mass is 16.5. The van der Waals surface area contributed by atoms with Gasteiger partial charge in [0.05, 0.1) is 24.3 Å². The molecule has 2 heterocycles. The molecular formula is C21H23N3O. The van der Waals surface area contributed by atoms with Crippen LogP contribution in [-0.2, 0) is 4.74 Å². The molecule has 0 amide bonds. The Bertz CT molecular complexity index is 814. The number of benzene rings is 1. The zero-order chi connectivity index (χ0) is 17.1. The molecule has 0 N–H and O–H groups in total. The molecule has 1 aromatic carbocycles. The van der Waals surface area contributed by atoms with Crippen LogP contribution in [0.4, 0.5) is 0 Å². The molecule has 0 saturated heterocycles. The highest BCUT2D eigenvalue weighted by molar-refractivity contribution is 5.78. The number of hydrogen-bond donors (Lipinski definition) is 0. The number of aromatic nitrogens is 3.